The van der Waals surface area contributed by atoms with Crippen molar-refractivity contribution in [2.75, 3.05) is 18.0 Å². The first kappa shape index (κ1) is 16.6. The number of benzene rings is 1. The molecule has 1 saturated heterocycles. The third-order valence-corrected chi connectivity index (χ3v) is 5.84. The summed E-state index contributed by atoms with van der Waals surface area (Å²) in [6.07, 6.45) is 8.33. The van der Waals surface area contributed by atoms with Crippen molar-refractivity contribution < 1.29 is 4.52 Å². The van der Waals surface area contributed by atoms with Gasteiger partial charge < -0.3 is 15.2 Å². The summed E-state index contributed by atoms with van der Waals surface area (Å²) in [5.74, 6) is 1.52. The second-order valence-corrected chi connectivity index (χ2v) is 7.85. The van der Waals surface area contributed by atoms with Crippen molar-refractivity contribution in [2.45, 2.75) is 63.3 Å². The van der Waals surface area contributed by atoms with Gasteiger partial charge in [0, 0.05) is 29.9 Å². The van der Waals surface area contributed by atoms with Crippen molar-refractivity contribution in [1.29, 1.82) is 0 Å². The van der Waals surface area contributed by atoms with Gasteiger partial charge in [-0.25, -0.2) is 0 Å². The Morgan fingerprint density at radius 1 is 1.08 bits per heavy atom. The van der Waals surface area contributed by atoms with Gasteiger partial charge in [0.2, 0.25) is 11.7 Å². The highest BCUT2D eigenvalue weighted by Crippen LogP contribution is 2.38. The van der Waals surface area contributed by atoms with E-state index in [0.717, 1.165) is 31.5 Å². The fraction of sp³-hybridized carbons (Fsp3) is 0.600. The highest BCUT2D eigenvalue weighted by atomic mass is 16.5. The van der Waals surface area contributed by atoms with Crippen LogP contribution >= 0.6 is 0 Å². The number of aromatic nitrogens is 2. The Hall–Kier alpha value is -1.88. The molecule has 1 aromatic heterocycles. The molecule has 1 saturated carbocycles. The van der Waals surface area contributed by atoms with Crippen LogP contribution in [0.3, 0.4) is 0 Å². The SMILES string of the molecule is CC1(N)CCCCC1c1nc(-c2ccc(N3CCCCC3)cc2)no1. The maximum absolute atomic E-state index is 6.47. The molecule has 2 aliphatic rings. The second-order valence-electron chi connectivity index (χ2n) is 7.85. The molecule has 5 heteroatoms. The Balaban J connectivity index is 1.51. The van der Waals surface area contributed by atoms with Crippen LogP contribution in [0.4, 0.5) is 5.69 Å². The van der Waals surface area contributed by atoms with Crippen LogP contribution in [0.5, 0.6) is 0 Å². The summed E-state index contributed by atoms with van der Waals surface area (Å²) in [4.78, 5) is 7.13. The van der Waals surface area contributed by atoms with Gasteiger partial charge in [0.25, 0.3) is 0 Å². The quantitative estimate of drug-likeness (QED) is 0.911. The third-order valence-electron chi connectivity index (χ3n) is 5.84. The van der Waals surface area contributed by atoms with Crippen LogP contribution < -0.4 is 10.6 Å². The predicted molar refractivity (Wildman–Crippen MR) is 99.6 cm³/mol. The summed E-state index contributed by atoms with van der Waals surface area (Å²) in [6, 6.07) is 8.54. The van der Waals surface area contributed by atoms with Crippen LogP contribution in [-0.4, -0.2) is 28.8 Å². The van der Waals surface area contributed by atoms with Gasteiger partial charge >= 0.3 is 0 Å². The number of nitrogens with two attached hydrogens (primary N) is 1. The van der Waals surface area contributed by atoms with Crippen molar-refractivity contribution >= 4 is 5.69 Å². The summed E-state index contributed by atoms with van der Waals surface area (Å²) >= 11 is 0. The van der Waals surface area contributed by atoms with E-state index in [0.29, 0.717) is 11.7 Å². The molecular formula is C20H28N4O. The lowest BCUT2D eigenvalue weighted by Crippen LogP contribution is -2.44. The Kier molecular flexibility index (Phi) is 4.50. The van der Waals surface area contributed by atoms with Crippen molar-refractivity contribution in [3.63, 3.8) is 0 Å². The van der Waals surface area contributed by atoms with Crippen molar-refractivity contribution in [1.82, 2.24) is 10.1 Å². The number of piperidine rings is 1. The molecule has 1 aliphatic carbocycles. The minimum atomic E-state index is -0.250. The van der Waals surface area contributed by atoms with E-state index in [4.69, 9.17) is 10.3 Å². The minimum absolute atomic E-state index is 0.162. The number of nitrogens with zero attached hydrogens (tertiary/aromatic N) is 3. The Morgan fingerprint density at radius 2 is 1.84 bits per heavy atom. The molecule has 134 valence electrons. The Morgan fingerprint density at radius 3 is 2.56 bits per heavy atom. The summed E-state index contributed by atoms with van der Waals surface area (Å²) in [6.45, 7) is 4.42. The van der Waals surface area contributed by atoms with E-state index in [1.165, 1.54) is 37.8 Å². The molecule has 1 aromatic carbocycles. The summed E-state index contributed by atoms with van der Waals surface area (Å²) in [5, 5.41) is 4.21. The highest BCUT2D eigenvalue weighted by Gasteiger charge is 2.37. The highest BCUT2D eigenvalue weighted by molar-refractivity contribution is 5.60. The molecule has 2 N–H and O–H groups in total. The van der Waals surface area contributed by atoms with E-state index in [1.807, 2.05) is 0 Å². The zero-order chi connectivity index (χ0) is 17.3. The van der Waals surface area contributed by atoms with Gasteiger partial charge in [-0.15, -0.1) is 0 Å². The van der Waals surface area contributed by atoms with Gasteiger partial charge in [-0.3, -0.25) is 0 Å². The standard InChI is InChI=1S/C20H28N4O/c1-20(21)12-4-3-7-17(20)19-22-18(23-25-19)15-8-10-16(11-9-15)24-13-5-2-6-14-24/h8-11,17H,2-7,12-14,21H2,1H3. The third kappa shape index (κ3) is 3.43. The Bertz CT molecular complexity index is 701. The first-order valence-electron chi connectivity index (χ1n) is 9.61. The molecule has 25 heavy (non-hydrogen) atoms. The molecule has 4 rings (SSSR count). The summed E-state index contributed by atoms with van der Waals surface area (Å²) < 4.78 is 5.59. The average Bonchev–Trinajstić information content (AvgIpc) is 3.12. The lowest BCUT2D eigenvalue weighted by Gasteiger charge is -2.35. The molecular weight excluding hydrogens is 312 g/mol. The molecule has 0 radical (unpaired) electrons. The predicted octanol–water partition coefficient (Wildman–Crippen LogP) is 4.10. The fourth-order valence-corrected chi connectivity index (χ4v) is 4.23. The maximum Gasteiger partial charge on any atom is 0.231 e. The average molecular weight is 340 g/mol. The molecule has 2 aromatic rings. The van der Waals surface area contributed by atoms with E-state index in [2.05, 4.69) is 46.2 Å². The maximum atomic E-state index is 6.47. The lowest BCUT2D eigenvalue weighted by atomic mass is 9.74. The molecule has 2 heterocycles. The van der Waals surface area contributed by atoms with Crippen LogP contribution in [-0.2, 0) is 0 Å². The number of anilines is 1. The van der Waals surface area contributed by atoms with Gasteiger partial charge in [0.15, 0.2) is 0 Å². The van der Waals surface area contributed by atoms with E-state index >= 15 is 0 Å². The topological polar surface area (TPSA) is 68.2 Å². The molecule has 2 unspecified atom stereocenters. The van der Waals surface area contributed by atoms with Gasteiger partial charge in [-0.2, -0.15) is 4.98 Å². The van der Waals surface area contributed by atoms with Crippen molar-refractivity contribution in [2.24, 2.45) is 5.73 Å². The summed E-state index contributed by atoms with van der Waals surface area (Å²) in [7, 11) is 0. The number of rotatable bonds is 3. The van der Waals surface area contributed by atoms with Crippen LogP contribution in [0.1, 0.15) is 63.7 Å². The molecule has 0 spiro atoms. The molecule has 5 nitrogen and oxygen atoms in total. The number of hydrogen-bond acceptors (Lipinski definition) is 5. The molecule has 0 amide bonds. The monoisotopic (exact) mass is 340 g/mol. The molecule has 0 bridgehead atoms. The zero-order valence-corrected chi connectivity index (χ0v) is 15.1. The van der Waals surface area contributed by atoms with Gasteiger partial charge in [0.05, 0.1) is 5.92 Å². The smallest absolute Gasteiger partial charge is 0.231 e. The van der Waals surface area contributed by atoms with Crippen LogP contribution in [0.25, 0.3) is 11.4 Å². The molecule has 1 aliphatic heterocycles. The van der Waals surface area contributed by atoms with Gasteiger partial charge in [-0.05, 0) is 63.3 Å². The van der Waals surface area contributed by atoms with E-state index < -0.39 is 0 Å². The first-order chi connectivity index (χ1) is 12.1. The minimum Gasteiger partial charge on any atom is -0.372 e. The van der Waals surface area contributed by atoms with Gasteiger partial charge in [-0.1, -0.05) is 18.0 Å². The van der Waals surface area contributed by atoms with Crippen molar-refractivity contribution in [3.8, 4) is 11.4 Å². The van der Waals surface area contributed by atoms with Crippen LogP contribution in [0.2, 0.25) is 0 Å². The van der Waals surface area contributed by atoms with E-state index in [9.17, 15) is 0 Å². The number of hydrogen-bond donors (Lipinski definition) is 1. The Labute approximate surface area is 149 Å². The second kappa shape index (κ2) is 6.79. The summed E-state index contributed by atoms with van der Waals surface area (Å²) in [5.41, 5.74) is 8.51. The normalized spacial score (nSPS) is 27.4. The van der Waals surface area contributed by atoms with Crippen LogP contribution in [0.15, 0.2) is 28.8 Å². The van der Waals surface area contributed by atoms with Crippen LogP contribution in [0, 0.1) is 0 Å². The largest absolute Gasteiger partial charge is 0.372 e. The van der Waals surface area contributed by atoms with E-state index in [-0.39, 0.29) is 11.5 Å². The van der Waals surface area contributed by atoms with E-state index in [1.54, 1.807) is 0 Å². The lowest BCUT2D eigenvalue weighted by molar-refractivity contribution is 0.223. The first-order valence-corrected chi connectivity index (χ1v) is 9.61. The molecule has 2 atom stereocenters. The van der Waals surface area contributed by atoms with Crippen molar-refractivity contribution in [3.05, 3.63) is 30.2 Å². The fourth-order valence-electron chi connectivity index (χ4n) is 4.23. The molecule has 2 fully saturated rings. The van der Waals surface area contributed by atoms with Gasteiger partial charge in [0.1, 0.15) is 0 Å². The zero-order valence-electron chi connectivity index (χ0n) is 15.1.